The lowest BCUT2D eigenvalue weighted by atomic mass is 9.86. The molecule has 0 unspecified atom stereocenters. The van der Waals surface area contributed by atoms with E-state index in [1.807, 2.05) is 0 Å². The summed E-state index contributed by atoms with van der Waals surface area (Å²) in [6.07, 6.45) is 1.12. The standard InChI is InChI=1S/C18H27NO2/c1-6-9-19-11-17-15(12-20-5)14-10-13(18(2,3)4)7-8-16(14)21-17/h7-8,10,19H,6,9,11-12H2,1-5H3. The molecule has 0 fully saturated rings. The molecule has 0 amide bonds. The van der Waals surface area contributed by atoms with Crippen molar-refractivity contribution in [2.75, 3.05) is 13.7 Å². The Morgan fingerprint density at radius 3 is 2.62 bits per heavy atom. The number of nitrogens with one attached hydrogen (secondary N) is 1. The van der Waals surface area contributed by atoms with Gasteiger partial charge in [-0.25, -0.2) is 0 Å². The first-order valence-electron chi connectivity index (χ1n) is 7.71. The van der Waals surface area contributed by atoms with Crippen molar-refractivity contribution in [2.45, 2.75) is 52.7 Å². The largest absolute Gasteiger partial charge is 0.459 e. The summed E-state index contributed by atoms with van der Waals surface area (Å²) in [7, 11) is 1.73. The van der Waals surface area contributed by atoms with Crippen LogP contribution in [0.5, 0.6) is 0 Å². The molecular weight excluding hydrogens is 262 g/mol. The summed E-state index contributed by atoms with van der Waals surface area (Å²) in [6.45, 7) is 11.2. The highest BCUT2D eigenvalue weighted by Crippen LogP contribution is 2.31. The number of furan rings is 1. The zero-order valence-electron chi connectivity index (χ0n) is 13.9. The molecule has 1 heterocycles. The molecular formula is C18H27NO2. The molecule has 0 saturated heterocycles. The Labute approximate surface area is 127 Å². The van der Waals surface area contributed by atoms with Crippen LogP contribution >= 0.6 is 0 Å². The molecule has 0 spiro atoms. The van der Waals surface area contributed by atoms with Crippen LogP contribution in [0.25, 0.3) is 11.0 Å². The fourth-order valence-corrected chi connectivity index (χ4v) is 2.49. The number of rotatable bonds is 6. The number of methoxy groups -OCH3 is 1. The van der Waals surface area contributed by atoms with Crippen LogP contribution in [0.1, 0.15) is 51.0 Å². The summed E-state index contributed by atoms with van der Waals surface area (Å²) in [5, 5.41) is 4.58. The van der Waals surface area contributed by atoms with E-state index < -0.39 is 0 Å². The molecule has 21 heavy (non-hydrogen) atoms. The molecule has 1 aromatic carbocycles. The molecule has 1 aromatic heterocycles. The van der Waals surface area contributed by atoms with Gasteiger partial charge in [0.2, 0.25) is 0 Å². The number of fused-ring (bicyclic) bond motifs is 1. The van der Waals surface area contributed by atoms with E-state index in [0.29, 0.717) is 6.61 Å². The first-order valence-corrected chi connectivity index (χ1v) is 7.71. The smallest absolute Gasteiger partial charge is 0.134 e. The van der Waals surface area contributed by atoms with E-state index in [0.717, 1.165) is 30.9 Å². The highest BCUT2D eigenvalue weighted by molar-refractivity contribution is 5.83. The lowest BCUT2D eigenvalue weighted by Crippen LogP contribution is -2.14. The molecule has 0 aliphatic rings. The van der Waals surface area contributed by atoms with Crippen molar-refractivity contribution in [1.82, 2.24) is 5.32 Å². The normalized spacial score (nSPS) is 12.2. The maximum absolute atomic E-state index is 6.02. The van der Waals surface area contributed by atoms with Gasteiger partial charge in [0.1, 0.15) is 11.3 Å². The maximum Gasteiger partial charge on any atom is 0.134 e. The van der Waals surface area contributed by atoms with Crippen molar-refractivity contribution in [3.05, 3.63) is 35.1 Å². The highest BCUT2D eigenvalue weighted by atomic mass is 16.5. The van der Waals surface area contributed by atoms with E-state index in [-0.39, 0.29) is 5.41 Å². The van der Waals surface area contributed by atoms with Crippen LogP contribution < -0.4 is 5.32 Å². The first-order chi connectivity index (χ1) is 9.97. The van der Waals surface area contributed by atoms with Crippen LogP contribution in [0.4, 0.5) is 0 Å². The van der Waals surface area contributed by atoms with Crippen LogP contribution in [0, 0.1) is 0 Å². The third kappa shape index (κ3) is 3.66. The van der Waals surface area contributed by atoms with Crippen LogP contribution in [0.15, 0.2) is 22.6 Å². The second-order valence-electron chi connectivity index (χ2n) is 6.57. The van der Waals surface area contributed by atoms with E-state index in [9.17, 15) is 0 Å². The molecule has 3 nitrogen and oxygen atoms in total. The van der Waals surface area contributed by atoms with Crippen molar-refractivity contribution in [3.8, 4) is 0 Å². The van der Waals surface area contributed by atoms with Crippen molar-refractivity contribution in [1.29, 1.82) is 0 Å². The average Bonchev–Trinajstić information content (AvgIpc) is 2.76. The second kappa shape index (κ2) is 6.63. The van der Waals surface area contributed by atoms with Gasteiger partial charge in [-0.1, -0.05) is 33.8 Å². The highest BCUT2D eigenvalue weighted by Gasteiger charge is 2.18. The van der Waals surface area contributed by atoms with Crippen LogP contribution in [-0.4, -0.2) is 13.7 Å². The molecule has 0 aliphatic heterocycles. The van der Waals surface area contributed by atoms with E-state index in [1.165, 1.54) is 16.5 Å². The summed E-state index contributed by atoms with van der Waals surface area (Å²) >= 11 is 0. The third-order valence-electron chi connectivity index (χ3n) is 3.74. The molecule has 2 rings (SSSR count). The zero-order chi connectivity index (χ0) is 15.5. The number of ether oxygens (including phenoxy) is 1. The average molecular weight is 289 g/mol. The fraction of sp³-hybridized carbons (Fsp3) is 0.556. The van der Waals surface area contributed by atoms with E-state index in [1.54, 1.807) is 7.11 Å². The quantitative estimate of drug-likeness (QED) is 0.802. The van der Waals surface area contributed by atoms with Gasteiger partial charge >= 0.3 is 0 Å². The third-order valence-corrected chi connectivity index (χ3v) is 3.74. The maximum atomic E-state index is 6.02. The Bertz CT molecular complexity index is 593. The minimum absolute atomic E-state index is 0.135. The predicted molar refractivity (Wildman–Crippen MR) is 87.6 cm³/mol. The van der Waals surface area contributed by atoms with Crippen molar-refractivity contribution >= 4 is 11.0 Å². The summed E-state index contributed by atoms with van der Waals surface area (Å²) in [6, 6.07) is 6.49. The molecule has 0 atom stereocenters. The number of hydrogen-bond acceptors (Lipinski definition) is 3. The molecule has 0 saturated carbocycles. The second-order valence-corrected chi connectivity index (χ2v) is 6.57. The molecule has 0 radical (unpaired) electrons. The van der Waals surface area contributed by atoms with Gasteiger partial charge in [0.05, 0.1) is 13.2 Å². The molecule has 1 N–H and O–H groups in total. The zero-order valence-corrected chi connectivity index (χ0v) is 13.9. The van der Waals surface area contributed by atoms with E-state index in [4.69, 9.17) is 9.15 Å². The summed E-state index contributed by atoms with van der Waals surface area (Å²) in [5.41, 5.74) is 3.57. The van der Waals surface area contributed by atoms with Gasteiger partial charge in [-0.05, 0) is 36.1 Å². The Hall–Kier alpha value is -1.32. The first kappa shape index (κ1) is 16.1. The summed E-state index contributed by atoms with van der Waals surface area (Å²) in [5.74, 6) is 0.992. The Kier molecular flexibility index (Phi) is 5.07. The van der Waals surface area contributed by atoms with E-state index in [2.05, 4.69) is 51.2 Å². The lowest BCUT2D eigenvalue weighted by molar-refractivity contribution is 0.183. The molecule has 0 bridgehead atoms. The van der Waals surface area contributed by atoms with Gasteiger partial charge in [-0.2, -0.15) is 0 Å². The fourth-order valence-electron chi connectivity index (χ4n) is 2.49. The van der Waals surface area contributed by atoms with Crippen LogP contribution in [0.3, 0.4) is 0 Å². The SMILES string of the molecule is CCCNCc1oc2ccc(C(C)(C)C)cc2c1COC. The monoisotopic (exact) mass is 289 g/mol. The van der Waals surface area contributed by atoms with Crippen LogP contribution in [-0.2, 0) is 23.3 Å². The van der Waals surface area contributed by atoms with Gasteiger partial charge < -0.3 is 14.5 Å². The minimum Gasteiger partial charge on any atom is -0.459 e. The van der Waals surface area contributed by atoms with Gasteiger partial charge in [0.15, 0.2) is 0 Å². The Morgan fingerprint density at radius 2 is 2.00 bits per heavy atom. The van der Waals surface area contributed by atoms with Crippen molar-refractivity contribution < 1.29 is 9.15 Å². The van der Waals surface area contributed by atoms with Gasteiger partial charge in [0.25, 0.3) is 0 Å². The topological polar surface area (TPSA) is 34.4 Å². The molecule has 0 aliphatic carbocycles. The summed E-state index contributed by atoms with van der Waals surface area (Å²) in [4.78, 5) is 0. The van der Waals surface area contributed by atoms with Crippen molar-refractivity contribution in [2.24, 2.45) is 0 Å². The molecule has 2 aromatic rings. The Morgan fingerprint density at radius 1 is 1.24 bits per heavy atom. The Balaban J connectivity index is 2.43. The van der Waals surface area contributed by atoms with Gasteiger partial charge in [-0.15, -0.1) is 0 Å². The summed E-state index contributed by atoms with van der Waals surface area (Å²) < 4.78 is 11.4. The minimum atomic E-state index is 0.135. The van der Waals surface area contributed by atoms with Crippen molar-refractivity contribution in [3.63, 3.8) is 0 Å². The number of hydrogen-bond donors (Lipinski definition) is 1. The molecule has 3 heteroatoms. The molecule has 116 valence electrons. The van der Waals surface area contributed by atoms with E-state index >= 15 is 0 Å². The van der Waals surface area contributed by atoms with Gasteiger partial charge in [-0.3, -0.25) is 0 Å². The van der Waals surface area contributed by atoms with Gasteiger partial charge in [0, 0.05) is 18.1 Å². The lowest BCUT2D eigenvalue weighted by Gasteiger charge is -2.18. The number of benzene rings is 1. The van der Waals surface area contributed by atoms with Crippen LogP contribution in [0.2, 0.25) is 0 Å². The predicted octanol–water partition coefficient (Wildman–Crippen LogP) is 4.38.